The first-order valence-electron chi connectivity index (χ1n) is 8.37. The molecule has 2 heteroatoms. The van der Waals surface area contributed by atoms with E-state index in [1.54, 1.807) is 0 Å². The SMILES string of the molecule is CC(C)Cc1ccc(N=C=Nc2ccc(CC(C)C)cc2)cc1. The summed E-state index contributed by atoms with van der Waals surface area (Å²) in [6.07, 6.45) is 2.20. The summed E-state index contributed by atoms with van der Waals surface area (Å²) in [5.74, 6) is 1.34. The summed E-state index contributed by atoms with van der Waals surface area (Å²) in [7, 11) is 0. The molecule has 0 aromatic heterocycles. The van der Waals surface area contributed by atoms with E-state index < -0.39 is 0 Å². The molecule has 23 heavy (non-hydrogen) atoms. The van der Waals surface area contributed by atoms with E-state index in [0.717, 1.165) is 24.2 Å². The van der Waals surface area contributed by atoms with Crippen LogP contribution in [-0.2, 0) is 12.8 Å². The Balaban J connectivity index is 2.00. The van der Waals surface area contributed by atoms with Crippen LogP contribution < -0.4 is 0 Å². The van der Waals surface area contributed by atoms with E-state index in [2.05, 4.69) is 68.0 Å². The maximum absolute atomic E-state index is 4.28. The van der Waals surface area contributed by atoms with Crippen LogP contribution in [0, 0.1) is 11.8 Å². The van der Waals surface area contributed by atoms with Gasteiger partial charge in [-0.05, 0) is 60.1 Å². The Morgan fingerprint density at radius 1 is 0.652 bits per heavy atom. The molecule has 0 saturated carbocycles. The second kappa shape index (κ2) is 8.45. The van der Waals surface area contributed by atoms with Gasteiger partial charge in [-0.3, -0.25) is 0 Å². The lowest BCUT2D eigenvalue weighted by Crippen LogP contribution is -1.92. The normalized spacial score (nSPS) is 10.7. The van der Waals surface area contributed by atoms with Gasteiger partial charge >= 0.3 is 0 Å². The Bertz CT molecular complexity index is 600. The van der Waals surface area contributed by atoms with Crippen LogP contribution >= 0.6 is 0 Å². The predicted molar refractivity (Wildman–Crippen MR) is 99.2 cm³/mol. The van der Waals surface area contributed by atoms with Crippen molar-refractivity contribution in [1.82, 2.24) is 0 Å². The van der Waals surface area contributed by atoms with Gasteiger partial charge in [-0.25, -0.2) is 0 Å². The fourth-order valence-electron chi connectivity index (χ4n) is 2.50. The highest BCUT2D eigenvalue weighted by molar-refractivity contribution is 5.58. The third-order valence-corrected chi connectivity index (χ3v) is 3.52. The Kier molecular flexibility index (Phi) is 6.31. The van der Waals surface area contributed by atoms with Crippen LogP contribution in [0.2, 0.25) is 0 Å². The maximum Gasteiger partial charge on any atom is 0.100 e. The molecule has 0 amide bonds. The lowest BCUT2D eigenvalue weighted by molar-refractivity contribution is 0.647. The molecule has 0 saturated heterocycles. The topological polar surface area (TPSA) is 24.7 Å². The van der Waals surface area contributed by atoms with Crippen molar-refractivity contribution in [2.24, 2.45) is 21.8 Å². The first-order chi connectivity index (χ1) is 11.0. The Morgan fingerprint density at radius 3 is 1.30 bits per heavy atom. The second-order valence-corrected chi connectivity index (χ2v) is 6.85. The van der Waals surface area contributed by atoms with Gasteiger partial charge < -0.3 is 0 Å². The van der Waals surface area contributed by atoms with Gasteiger partial charge in [0.05, 0.1) is 11.4 Å². The van der Waals surface area contributed by atoms with Gasteiger partial charge in [0.15, 0.2) is 0 Å². The number of hydrogen-bond acceptors (Lipinski definition) is 2. The average Bonchev–Trinajstić information content (AvgIpc) is 2.50. The Labute approximate surface area is 140 Å². The molecular weight excluding hydrogens is 280 g/mol. The Morgan fingerprint density at radius 2 is 1.00 bits per heavy atom. The van der Waals surface area contributed by atoms with Gasteiger partial charge in [-0.1, -0.05) is 52.0 Å². The van der Waals surface area contributed by atoms with Crippen molar-refractivity contribution in [3.8, 4) is 0 Å². The van der Waals surface area contributed by atoms with Crippen LogP contribution in [0.15, 0.2) is 58.5 Å². The lowest BCUT2D eigenvalue weighted by Gasteiger charge is -2.04. The first kappa shape index (κ1) is 17.2. The van der Waals surface area contributed by atoms with Crippen molar-refractivity contribution in [2.75, 3.05) is 0 Å². The quantitative estimate of drug-likeness (QED) is 0.566. The van der Waals surface area contributed by atoms with Crippen LogP contribution in [0.25, 0.3) is 0 Å². The highest BCUT2D eigenvalue weighted by Gasteiger charge is 1.98. The number of aliphatic imine (C=N–C) groups is 2. The third-order valence-electron chi connectivity index (χ3n) is 3.52. The molecule has 0 aliphatic carbocycles. The van der Waals surface area contributed by atoms with Gasteiger partial charge in [0, 0.05) is 0 Å². The van der Waals surface area contributed by atoms with Gasteiger partial charge in [0.1, 0.15) is 6.01 Å². The van der Waals surface area contributed by atoms with Crippen molar-refractivity contribution in [1.29, 1.82) is 0 Å². The smallest absolute Gasteiger partial charge is 0.100 e. The fraction of sp³-hybridized carbons (Fsp3) is 0.381. The largest absolute Gasteiger partial charge is 0.188 e. The number of benzene rings is 2. The molecule has 2 rings (SSSR count). The minimum Gasteiger partial charge on any atom is -0.188 e. The summed E-state index contributed by atoms with van der Waals surface area (Å²) >= 11 is 0. The minimum atomic E-state index is 0.671. The van der Waals surface area contributed by atoms with Crippen LogP contribution in [-0.4, -0.2) is 6.01 Å². The molecule has 2 nitrogen and oxygen atoms in total. The molecular formula is C21H26N2. The molecule has 2 aromatic carbocycles. The van der Waals surface area contributed by atoms with Crippen LogP contribution in [0.5, 0.6) is 0 Å². The van der Waals surface area contributed by atoms with Crippen molar-refractivity contribution in [3.05, 3.63) is 59.7 Å². The van der Waals surface area contributed by atoms with Crippen LogP contribution in [0.4, 0.5) is 11.4 Å². The highest BCUT2D eigenvalue weighted by Crippen LogP contribution is 2.17. The zero-order valence-corrected chi connectivity index (χ0v) is 14.6. The fourth-order valence-corrected chi connectivity index (χ4v) is 2.50. The van der Waals surface area contributed by atoms with E-state index >= 15 is 0 Å². The zero-order chi connectivity index (χ0) is 16.7. The van der Waals surface area contributed by atoms with E-state index in [-0.39, 0.29) is 0 Å². The van der Waals surface area contributed by atoms with E-state index in [1.165, 1.54) is 11.1 Å². The molecule has 0 radical (unpaired) electrons. The molecule has 0 atom stereocenters. The van der Waals surface area contributed by atoms with Crippen molar-refractivity contribution in [3.63, 3.8) is 0 Å². The minimum absolute atomic E-state index is 0.671. The maximum atomic E-state index is 4.28. The molecule has 0 N–H and O–H groups in total. The number of nitrogens with zero attached hydrogens (tertiary/aromatic N) is 2. The molecule has 0 unspecified atom stereocenters. The van der Waals surface area contributed by atoms with Crippen molar-refractivity contribution < 1.29 is 0 Å². The molecule has 0 aliphatic heterocycles. The molecule has 0 heterocycles. The molecule has 2 aromatic rings. The average molecular weight is 306 g/mol. The molecule has 0 bridgehead atoms. The Hall–Kier alpha value is -2.18. The monoisotopic (exact) mass is 306 g/mol. The second-order valence-electron chi connectivity index (χ2n) is 6.85. The number of rotatable bonds is 6. The van der Waals surface area contributed by atoms with E-state index in [0.29, 0.717) is 11.8 Å². The summed E-state index contributed by atoms with van der Waals surface area (Å²) in [5, 5.41) is 0. The summed E-state index contributed by atoms with van der Waals surface area (Å²) < 4.78 is 0. The summed E-state index contributed by atoms with van der Waals surface area (Å²) in [5.41, 5.74) is 4.46. The molecule has 0 aliphatic rings. The predicted octanol–water partition coefficient (Wildman–Crippen LogP) is 6.22. The standard InChI is InChI=1S/C21H26N2/c1-16(2)13-18-5-9-20(10-6-18)22-15-23-21-11-7-19(8-12-21)14-17(3)4/h5-12,16-17H,13-14H2,1-4H3. The zero-order valence-electron chi connectivity index (χ0n) is 14.6. The van der Waals surface area contributed by atoms with E-state index in [9.17, 15) is 0 Å². The molecule has 0 fully saturated rings. The third kappa shape index (κ3) is 6.22. The van der Waals surface area contributed by atoms with Crippen molar-refractivity contribution >= 4 is 17.4 Å². The lowest BCUT2D eigenvalue weighted by atomic mass is 10.0. The highest BCUT2D eigenvalue weighted by atomic mass is 14.8. The molecule has 120 valence electrons. The molecule has 0 spiro atoms. The summed E-state index contributed by atoms with van der Waals surface area (Å²) in [6, 6.07) is 19.4. The van der Waals surface area contributed by atoms with Gasteiger partial charge in [0.25, 0.3) is 0 Å². The van der Waals surface area contributed by atoms with E-state index in [4.69, 9.17) is 0 Å². The van der Waals surface area contributed by atoms with Crippen LogP contribution in [0.3, 0.4) is 0 Å². The van der Waals surface area contributed by atoms with Gasteiger partial charge in [-0.2, -0.15) is 9.98 Å². The van der Waals surface area contributed by atoms with Crippen LogP contribution in [0.1, 0.15) is 38.8 Å². The summed E-state index contributed by atoms with van der Waals surface area (Å²) in [6.45, 7) is 8.91. The summed E-state index contributed by atoms with van der Waals surface area (Å²) in [4.78, 5) is 8.55. The van der Waals surface area contributed by atoms with Crippen molar-refractivity contribution in [2.45, 2.75) is 40.5 Å². The van der Waals surface area contributed by atoms with E-state index in [1.807, 2.05) is 24.3 Å². The van der Waals surface area contributed by atoms with Gasteiger partial charge in [-0.15, -0.1) is 0 Å². The number of hydrogen-bond donors (Lipinski definition) is 0. The first-order valence-corrected chi connectivity index (χ1v) is 8.37. The van der Waals surface area contributed by atoms with Gasteiger partial charge in [0.2, 0.25) is 0 Å².